The van der Waals surface area contributed by atoms with Gasteiger partial charge in [-0.15, -0.1) is 0 Å². The Bertz CT molecular complexity index is 825. The number of nitrogens with zero attached hydrogens (tertiary/aromatic N) is 2. The van der Waals surface area contributed by atoms with Crippen molar-refractivity contribution in [3.8, 4) is 0 Å². The molecule has 3 unspecified atom stereocenters. The van der Waals surface area contributed by atoms with E-state index < -0.39 is 15.9 Å². The van der Waals surface area contributed by atoms with Crippen LogP contribution in [0.2, 0.25) is 0 Å². The number of carbonyl (C=O) groups excluding carboxylic acids is 2. The predicted molar refractivity (Wildman–Crippen MR) is 91.5 cm³/mol. The van der Waals surface area contributed by atoms with Crippen LogP contribution >= 0.6 is 0 Å². The van der Waals surface area contributed by atoms with E-state index in [4.69, 9.17) is 10.2 Å². The third kappa shape index (κ3) is 2.92. The first-order valence-electron chi connectivity index (χ1n) is 9.05. The highest BCUT2D eigenvalue weighted by molar-refractivity contribution is 7.89. The fraction of sp³-hybridized carbons (Fsp3) is 0.647. The molecule has 0 radical (unpaired) electrons. The number of carbonyl (C=O) groups is 2. The van der Waals surface area contributed by atoms with Crippen LogP contribution in [0.15, 0.2) is 21.6 Å². The SMILES string of the molecule is NC(=O)c1ccc(S(=O)(=O)N2CCN(C(=O)C3CC4CCC3C4)CC2)o1. The van der Waals surface area contributed by atoms with Crippen molar-refractivity contribution in [2.75, 3.05) is 26.2 Å². The van der Waals surface area contributed by atoms with Gasteiger partial charge in [-0.05, 0) is 43.2 Å². The van der Waals surface area contributed by atoms with Crippen molar-refractivity contribution in [1.82, 2.24) is 9.21 Å². The van der Waals surface area contributed by atoms with Gasteiger partial charge in [0, 0.05) is 32.1 Å². The van der Waals surface area contributed by atoms with Gasteiger partial charge >= 0.3 is 0 Å². The first-order chi connectivity index (χ1) is 12.4. The van der Waals surface area contributed by atoms with E-state index in [2.05, 4.69) is 0 Å². The van der Waals surface area contributed by atoms with Crippen molar-refractivity contribution >= 4 is 21.8 Å². The van der Waals surface area contributed by atoms with Crippen molar-refractivity contribution < 1.29 is 22.4 Å². The molecule has 26 heavy (non-hydrogen) atoms. The van der Waals surface area contributed by atoms with Crippen molar-refractivity contribution in [1.29, 1.82) is 0 Å². The van der Waals surface area contributed by atoms with Crippen LogP contribution in [-0.2, 0) is 14.8 Å². The zero-order valence-electron chi connectivity index (χ0n) is 14.5. The van der Waals surface area contributed by atoms with Crippen molar-refractivity contribution in [2.45, 2.75) is 30.8 Å². The van der Waals surface area contributed by atoms with Crippen LogP contribution in [0.1, 0.15) is 36.2 Å². The van der Waals surface area contributed by atoms with Crippen LogP contribution in [0.4, 0.5) is 0 Å². The molecule has 2 amide bonds. The van der Waals surface area contributed by atoms with E-state index in [9.17, 15) is 18.0 Å². The molecule has 1 aromatic heterocycles. The first kappa shape index (κ1) is 17.5. The molecule has 8 nitrogen and oxygen atoms in total. The maximum atomic E-state index is 12.8. The number of amides is 2. The van der Waals surface area contributed by atoms with E-state index in [0.29, 0.717) is 24.9 Å². The Balaban J connectivity index is 1.39. The zero-order valence-corrected chi connectivity index (χ0v) is 15.3. The number of nitrogens with two attached hydrogens (primary N) is 1. The lowest BCUT2D eigenvalue weighted by Crippen LogP contribution is -2.52. The molecule has 3 aliphatic rings. The molecular formula is C17H23N3O5S. The first-order valence-corrected chi connectivity index (χ1v) is 10.5. The summed E-state index contributed by atoms with van der Waals surface area (Å²) >= 11 is 0. The van der Waals surface area contributed by atoms with E-state index in [-0.39, 0.29) is 35.8 Å². The smallest absolute Gasteiger partial charge is 0.284 e. The van der Waals surface area contributed by atoms with Gasteiger partial charge in [0.2, 0.25) is 11.0 Å². The predicted octanol–water partition coefficient (Wildman–Crippen LogP) is 0.648. The third-order valence-electron chi connectivity index (χ3n) is 6.02. The van der Waals surface area contributed by atoms with E-state index >= 15 is 0 Å². The quantitative estimate of drug-likeness (QED) is 0.822. The molecule has 2 N–H and O–H groups in total. The van der Waals surface area contributed by atoms with Crippen molar-refractivity contribution in [3.63, 3.8) is 0 Å². The molecule has 2 heterocycles. The summed E-state index contributed by atoms with van der Waals surface area (Å²) in [5.74, 6) is 0.531. The summed E-state index contributed by atoms with van der Waals surface area (Å²) in [6, 6.07) is 2.49. The second-order valence-electron chi connectivity index (χ2n) is 7.49. The molecule has 142 valence electrons. The molecule has 2 aliphatic carbocycles. The molecule has 4 rings (SSSR count). The zero-order chi connectivity index (χ0) is 18.5. The summed E-state index contributed by atoms with van der Waals surface area (Å²) in [6.07, 6.45) is 4.56. The molecular weight excluding hydrogens is 358 g/mol. The minimum Gasteiger partial charge on any atom is -0.438 e. The molecule has 1 aliphatic heterocycles. The Kier molecular flexibility index (Phi) is 4.31. The average Bonchev–Trinajstić information content (AvgIpc) is 3.37. The summed E-state index contributed by atoms with van der Waals surface area (Å²) in [7, 11) is -3.83. The molecule has 9 heteroatoms. The Labute approximate surface area is 152 Å². The Morgan fingerprint density at radius 2 is 1.81 bits per heavy atom. The number of hydrogen-bond donors (Lipinski definition) is 1. The number of fused-ring (bicyclic) bond motifs is 2. The van der Waals surface area contributed by atoms with Gasteiger partial charge in [0.15, 0.2) is 5.76 Å². The minimum atomic E-state index is -3.83. The van der Waals surface area contributed by atoms with E-state index in [1.54, 1.807) is 4.90 Å². The van der Waals surface area contributed by atoms with E-state index in [1.165, 1.54) is 29.3 Å². The topological polar surface area (TPSA) is 114 Å². The van der Waals surface area contributed by atoms with Crippen LogP contribution < -0.4 is 5.73 Å². The number of primary amides is 1. The van der Waals surface area contributed by atoms with Crippen molar-refractivity contribution in [2.24, 2.45) is 23.5 Å². The number of rotatable bonds is 4. The molecule has 2 bridgehead atoms. The Hall–Kier alpha value is -1.87. The summed E-state index contributed by atoms with van der Waals surface area (Å²) in [6.45, 7) is 1.22. The number of piperazine rings is 1. The van der Waals surface area contributed by atoms with Crippen LogP contribution in [0, 0.1) is 17.8 Å². The van der Waals surface area contributed by atoms with Gasteiger partial charge in [-0.2, -0.15) is 4.31 Å². The van der Waals surface area contributed by atoms with Crippen LogP contribution in [0.25, 0.3) is 0 Å². The second-order valence-corrected chi connectivity index (χ2v) is 9.36. The van der Waals surface area contributed by atoms with Gasteiger partial charge in [-0.3, -0.25) is 9.59 Å². The van der Waals surface area contributed by atoms with Gasteiger partial charge in [0.25, 0.3) is 15.9 Å². The fourth-order valence-electron chi connectivity index (χ4n) is 4.65. The number of furan rings is 1. The molecule has 0 spiro atoms. The van der Waals surface area contributed by atoms with Gasteiger partial charge in [-0.1, -0.05) is 6.42 Å². The highest BCUT2D eigenvalue weighted by Crippen LogP contribution is 2.48. The van der Waals surface area contributed by atoms with Crippen LogP contribution in [-0.4, -0.2) is 55.6 Å². The third-order valence-corrected chi connectivity index (χ3v) is 7.80. The molecule has 3 atom stereocenters. The standard InChI is InChI=1S/C17H23N3O5S/c18-16(21)14-3-4-15(25-14)26(23,24)20-7-5-19(6-8-20)17(22)13-10-11-1-2-12(13)9-11/h3-4,11-13H,1-2,5-10H2,(H2,18,21). The largest absolute Gasteiger partial charge is 0.438 e. The summed E-state index contributed by atoms with van der Waals surface area (Å²) in [4.78, 5) is 25.7. The van der Waals surface area contributed by atoms with Crippen molar-refractivity contribution in [3.05, 3.63) is 17.9 Å². The monoisotopic (exact) mass is 381 g/mol. The van der Waals surface area contributed by atoms with Gasteiger partial charge in [0.1, 0.15) is 0 Å². The minimum absolute atomic E-state index is 0.125. The van der Waals surface area contributed by atoms with Gasteiger partial charge in [-0.25, -0.2) is 8.42 Å². The highest BCUT2D eigenvalue weighted by atomic mass is 32.2. The summed E-state index contributed by atoms with van der Waals surface area (Å²) in [5.41, 5.74) is 5.10. The van der Waals surface area contributed by atoms with Crippen LogP contribution in [0.3, 0.4) is 0 Å². The lowest BCUT2D eigenvalue weighted by Gasteiger charge is -2.36. The molecule has 1 saturated heterocycles. The average molecular weight is 381 g/mol. The maximum Gasteiger partial charge on any atom is 0.284 e. The lowest BCUT2D eigenvalue weighted by molar-refractivity contribution is -0.138. The van der Waals surface area contributed by atoms with E-state index in [0.717, 1.165) is 12.8 Å². The second kappa shape index (κ2) is 6.38. The van der Waals surface area contributed by atoms with Gasteiger partial charge in [0.05, 0.1) is 0 Å². The molecule has 3 fully saturated rings. The molecule has 1 aromatic rings. The number of hydrogen-bond acceptors (Lipinski definition) is 5. The fourth-order valence-corrected chi connectivity index (χ4v) is 5.98. The Morgan fingerprint density at radius 3 is 2.35 bits per heavy atom. The Morgan fingerprint density at radius 1 is 1.08 bits per heavy atom. The van der Waals surface area contributed by atoms with Gasteiger partial charge < -0.3 is 15.1 Å². The van der Waals surface area contributed by atoms with E-state index in [1.807, 2.05) is 0 Å². The molecule has 0 aromatic carbocycles. The maximum absolute atomic E-state index is 12.8. The molecule has 2 saturated carbocycles. The van der Waals surface area contributed by atoms with Crippen LogP contribution in [0.5, 0.6) is 0 Å². The normalized spacial score (nSPS) is 29.2. The lowest BCUT2D eigenvalue weighted by atomic mass is 9.87. The number of sulfonamides is 1. The highest BCUT2D eigenvalue weighted by Gasteiger charge is 2.45. The summed E-state index contributed by atoms with van der Waals surface area (Å²) < 4.78 is 31.6. The summed E-state index contributed by atoms with van der Waals surface area (Å²) in [5, 5.41) is -0.292.